The van der Waals surface area contributed by atoms with E-state index >= 15 is 0 Å². The molecular weight excluding hydrogens is 330 g/mol. The molecule has 4 nitrogen and oxygen atoms in total. The second-order valence-corrected chi connectivity index (χ2v) is 6.76. The summed E-state index contributed by atoms with van der Waals surface area (Å²) < 4.78 is 6.41. The van der Waals surface area contributed by atoms with Gasteiger partial charge in [-0.3, -0.25) is 0 Å². The van der Waals surface area contributed by atoms with Gasteiger partial charge in [-0.15, -0.1) is 0 Å². The molecule has 112 valence electrons. The molecule has 1 aromatic carbocycles. The van der Waals surface area contributed by atoms with Gasteiger partial charge in [-0.1, -0.05) is 40.0 Å². The Kier molecular flexibility index (Phi) is 4.40. The van der Waals surface area contributed by atoms with Crippen LogP contribution in [0, 0.1) is 12.8 Å². The minimum atomic E-state index is 0.264. The number of benzene rings is 1. The van der Waals surface area contributed by atoms with Gasteiger partial charge in [-0.2, -0.15) is 4.98 Å². The first-order valence-electron chi connectivity index (χ1n) is 7.48. The highest BCUT2D eigenvalue weighted by atomic mass is 79.9. The minimum absolute atomic E-state index is 0.264. The van der Waals surface area contributed by atoms with Crippen LogP contribution >= 0.6 is 15.9 Å². The van der Waals surface area contributed by atoms with Gasteiger partial charge in [0.25, 0.3) is 0 Å². The monoisotopic (exact) mass is 349 g/mol. The smallest absolute Gasteiger partial charge is 0.227 e. The van der Waals surface area contributed by atoms with E-state index in [4.69, 9.17) is 10.3 Å². The topological polar surface area (TPSA) is 64.9 Å². The fourth-order valence-electron chi connectivity index (χ4n) is 2.96. The van der Waals surface area contributed by atoms with Crippen molar-refractivity contribution in [3.05, 3.63) is 34.1 Å². The average molecular weight is 350 g/mol. The molecule has 2 N–H and O–H groups in total. The highest BCUT2D eigenvalue weighted by Crippen LogP contribution is 2.29. The maximum Gasteiger partial charge on any atom is 0.227 e. The summed E-state index contributed by atoms with van der Waals surface area (Å²) in [5.74, 6) is 1.80. The molecule has 0 bridgehead atoms. The number of nitrogens with two attached hydrogens (primary N) is 1. The second-order valence-electron chi connectivity index (χ2n) is 5.91. The molecule has 5 heteroatoms. The molecule has 1 heterocycles. The molecular formula is C16H20BrN3O. The molecule has 3 rings (SSSR count). The van der Waals surface area contributed by atoms with Gasteiger partial charge >= 0.3 is 0 Å². The fourth-order valence-corrected chi connectivity index (χ4v) is 3.63. The summed E-state index contributed by atoms with van der Waals surface area (Å²) in [7, 11) is 0. The normalized spacial score (nSPS) is 22.4. The average Bonchev–Trinajstić information content (AvgIpc) is 2.90. The van der Waals surface area contributed by atoms with Crippen LogP contribution in [0.15, 0.2) is 27.2 Å². The molecule has 0 saturated heterocycles. The van der Waals surface area contributed by atoms with E-state index in [0.29, 0.717) is 17.6 Å². The summed E-state index contributed by atoms with van der Waals surface area (Å²) in [4.78, 5) is 4.54. The Hall–Kier alpha value is -1.20. The molecule has 1 aromatic heterocycles. The third-order valence-electron chi connectivity index (χ3n) is 4.24. The van der Waals surface area contributed by atoms with E-state index in [9.17, 15) is 0 Å². The largest absolute Gasteiger partial charge is 0.339 e. The first kappa shape index (κ1) is 14.7. The minimum Gasteiger partial charge on any atom is -0.339 e. The van der Waals surface area contributed by atoms with E-state index in [1.54, 1.807) is 0 Å². The van der Waals surface area contributed by atoms with Crippen molar-refractivity contribution in [3.8, 4) is 11.4 Å². The first-order chi connectivity index (χ1) is 10.1. The highest BCUT2D eigenvalue weighted by Gasteiger charge is 2.24. The molecule has 2 aromatic rings. The maximum atomic E-state index is 6.19. The van der Waals surface area contributed by atoms with Gasteiger partial charge in [0.15, 0.2) is 0 Å². The molecule has 1 aliphatic carbocycles. The van der Waals surface area contributed by atoms with Gasteiger partial charge in [0, 0.05) is 22.5 Å². The van der Waals surface area contributed by atoms with Crippen molar-refractivity contribution < 1.29 is 4.52 Å². The number of aromatic nitrogens is 2. The predicted octanol–water partition coefficient (Wildman–Crippen LogP) is 3.87. The van der Waals surface area contributed by atoms with Gasteiger partial charge in [0.05, 0.1) is 0 Å². The Bertz CT molecular complexity index is 626. The summed E-state index contributed by atoms with van der Waals surface area (Å²) >= 11 is 3.56. The molecule has 2 unspecified atom stereocenters. The third-order valence-corrected chi connectivity index (χ3v) is 4.89. The SMILES string of the molecule is Cc1ccc(-c2noc(CC3CCCCC3N)n2)c(Br)c1. The molecule has 0 radical (unpaired) electrons. The molecule has 21 heavy (non-hydrogen) atoms. The van der Waals surface area contributed by atoms with E-state index in [2.05, 4.69) is 39.1 Å². The number of aryl methyl sites for hydroxylation is 1. The molecule has 1 aliphatic rings. The van der Waals surface area contributed by atoms with Gasteiger partial charge < -0.3 is 10.3 Å². The van der Waals surface area contributed by atoms with Crippen molar-refractivity contribution in [2.45, 2.75) is 45.1 Å². The molecule has 1 saturated carbocycles. The standard InChI is InChI=1S/C16H20BrN3O/c1-10-6-7-12(13(17)8-10)16-19-15(21-20-16)9-11-4-2-3-5-14(11)18/h6-8,11,14H,2-5,9,18H2,1H3. The van der Waals surface area contributed by atoms with Crippen molar-refractivity contribution in [2.75, 3.05) is 0 Å². The van der Waals surface area contributed by atoms with E-state index in [1.807, 2.05) is 12.1 Å². The lowest BCUT2D eigenvalue weighted by Gasteiger charge is -2.27. The summed E-state index contributed by atoms with van der Waals surface area (Å²) in [5.41, 5.74) is 8.35. The van der Waals surface area contributed by atoms with Crippen LogP contribution in [0.3, 0.4) is 0 Å². The second kappa shape index (κ2) is 6.28. The van der Waals surface area contributed by atoms with E-state index in [-0.39, 0.29) is 6.04 Å². The van der Waals surface area contributed by atoms with Crippen LogP contribution in [0.2, 0.25) is 0 Å². The van der Waals surface area contributed by atoms with E-state index in [0.717, 1.165) is 29.3 Å². The Balaban J connectivity index is 1.76. The zero-order chi connectivity index (χ0) is 14.8. The number of rotatable bonds is 3. The summed E-state index contributed by atoms with van der Waals surface area (Å²) in [5, 5.41) is 4.11. The fraction of sp³-hybridized carbons (Fsp3) is 0.500. The highest BCUT2D eigenvalue weighted by molar-refractivity contribution is 9.10. The van der Waals surface area contributed by atoms with Crippen LogP contribution in [-0.4, -0.2) is 16.2 Å². The first-order valence-corrected chi connectivity index (χ1v) is 8.27. The van der Waals surface area contributed by atoms with Crippen LogP contribution in [0.4, 0.5) is 0 Å². The number of hydrogen-bond donors (Lipinski definition) is 1. The summed E-state index contributed by atoms with van der Waals surface area (Å²) in [6.45, 7) is 2.06. The zero-order valence-electron chi connectivity index (χ0n) is 12.2. The lowest BCUT2D eigenvalue weighted by molar-refractivity contribution is 0.273. The van der Waals surface area contributed by atoms with Crippen LogP contribution in [-0.2, 0) is 6.42 Å². The molecule has 0 aliphatic heterocycles. The maximum absolute atomic E-state index is 6.19. The van der Waals surface area contributed by atoms with Crippen molar-refractivity contribution in [1.82, 2.24) is 10.1 Å². The van der Waals surface area contributed by atoms with Crippen LogP contribution in [0.5, 0.6) is 0 Å². The van der Waals surface area contributed by atoms with Crippen LogP contribution in [0.25, 0.3) is 11.4 Å². The zero-order valence-corrected chi connectivity index (χ0v) is 13.8. The molecule has 0 amide bonds. The lowest BCUT2D eigenvalue weighted by Crippen LogP contribution is -2.34. The van der Waals surface area contributed by atoms with Crippen molar-refractivity contribution in [1.29, 1.82) is 0 Å². The summed E-state index contributed by atoms with van der Waals surface area (Å²) in [6.07, 6.45) is 5.55. The Labute approximate surface area is 133 Å². The Morgan fingerprint density at radius 3 is 2.90 bits per heavy atom. The van der Waals surface area contributed by atoms with Crippen LogP contribution in [0.1, 0.15) is 37.1 Å². The van der Waals surface area contributed by atoms with Crippen molar-refractivity contribution >= 4 is 15.9 Å². The van der Waals surface area contributed by atoms with Crippen molar-refractivity contribution in [2.24, 2.45) is 11.7 Å². The van der Waals surface area contributed by atoms with Gasteiger partial charge in [0.2, 0.25) is 11.7 Å². The quantitative estimate of drug-likeness (QED) is 0.913. The number of hydrogen-bond acceptors (Lipinski definition) is 4. The van der Waals surface area contributed by atoms with E-state index < -0.39 is 0 Å². The summed E-state index contributed by atoms with van der Waals surface area (Å²) in [6, 6.07) is 6.39. The number of halogens is 1. The Morgan fingerprint density at radius 1 is 1.33 bits per heavy atom. The van der Waals surface area contributed by atoms with Crippen LogP contribution < -0.4 is 5.73 Å². The molecule has 2 atom stereocenters. The number of nitrogens with zero attached hydrogens (tertiary/aromatic N) is 2. The van der Waals surface area contributed by atoms with Gasteiger partial charge in [-0.25, -0.2) is 0 Å². The van der Waals surface area contributed by atoms with Gasteiger partial charge in [0.1, 0.15) is 0 Å². The third kappa shape index (κ3) is 3.35. The van der Waals surface area contributed by atoms with Crippen molar-refractivity contribution in [3.63, 3.8) is 0 Å². The lowest BCUT2D eigenvalue weighted by atomic mass is 9.83. The Morgan fingerprint density at radius 2 is 2.14 bits per heavy atom. The predicted molar refractivity (Wildman–Crippen MR) is 85.8 cm³/mol. The molecule has 1 fully saturated rings. The van der Waals surface area contributed by atoms with E-state index in [1.165, 1.54) is 18.4 Å². The molecule has 0 spiro atoms. The van der Waals surface area contributed by atoms with Gasteiger partial charge in [-0.05, 0) is 43.4 Å².